The van der Waals surface area contributed by atoms with Crippen LogP contribution in [-0.4, -0.2) is 28.4 Å². The first-order valence-electron chi connectivity index (χ1n) is 8.82. The Morgan fingerprint density at radius 3 is 2.30 bits per heavy atom. The molecule has 1 amide bonds. The van der Waals surface area contributed by atoms with Crippen molar-refractivity contribution in [2.24, 2.45) is 4.99 Å². The molecular weight excluding hydrogens is 292 g/mol. The van der Waals surface area contributed by atoms with E-state index in [1.54, 1.807) is 0 Å². The maximum absolute atomic E-state index is 12.6. The molecule has 1 unspecified atom stereocenters. The number of carbonyl (C=O) groups excluding carboxylic acids is 1. The van der Waals surface area contributed by atoms with Gasteiger partial charge in [-0.2, -0.15) is 0 Å². The van der Waals surface area contributed by atoms with Gasteiger partial charge in [0.1, 0.15) is 11.4 Å². The number of carboxylic acids is 1. The van der Waals surface area contributed by atoms with E-state index in [4.69, 9.17) is 4.99 Å². The Balaban J connectivity index is 3.30. The van der Waals surface area contributed by atoms with Gasteiger partial charge in [0.25, 0.3) is 5.91 Å². The second-order valence-electron chi connectivity index (χ2n) is 6.17. The van der Waals surface area contributed by atoms with Gasteiger partial charge in [0, 0.05) is 11.1 Å². The number of hydrogen-bond donors (Lipinski definition) is 2. The molecule has 0 aliphatic carbocycles. The number of carbonyl (C=O) groups is 2. The summed E-state index contributed by atoms with van der Waals surface area (Å²) in [6.45, 7) is 7.97. The molecular formula is C18H30N2O3. The molecule has 2 N–H and O–H groups in total. The summed E-state index contributed by atoms with van der Waals surface area (Å²) in [4.78, 5) is 28.8. The highest BCUT2D eigenvalue weighted by Crippen LogP contribution is 2.31. The summed E-state index contributed by atoms with van der Waals surface area (Å²) < 4.78 is 0. The van der Waals surface area contributed by atoms with E-state index in [-0.39, 0.29) is 5.91 Å². The van der Waals surface area contributed by atoms with Gasteiger partial charge in [-0.25, -0.2) is 4.79 Å². The van der Waals surface area contributed by atoms with Crippen LogP contribution in [0.4, 0.5) is 0 Å². The van der Waals surface area contributed by atoms with Crippen LogP contribution >= 0.6 is 0 Å². The zero-order chi connectivity index (χ0) is 17.5. The van der Waals surface area contributed by atoms with E-state index in [9.17, 15) is 14.7 Å². The summed E-state index contributed by atoms with van der Waals surface area (Å²) in [7, 11) is 0. The summed E-state index contributed by atoms with van der Waals surface area (Å²) in [5.74, 6) is -0.507. The molecule has 1 atom stereocenters. The van der Waals surface area contributed by atoms with Crippen LogP contribution in [-0.2, 0) is 9.59 Å². The Hall–Kier alpha value is -1.65. The molecule has 23 heavy (non-hydrogen) atoms. The average Bonchev–Trinajstić information content (AvgIpc) is 2.82. The van der Waals surface area contributed by atoms with Crippen LogP contribution in [0.25, 0.3) is 0 Å². The molecule has 5 nitrogen and oxygen atoms in total. The van der Waals surface area contributed by atoms with Gasteiger partial charge in [-0.3, -0.25) is 9.79 Å². The molecule has 0 aromatic rings. The number of rotatable bonds is 10. The number of aliphatic carboxylic acids is 1. The molecule has 1 aliphatic rings. The summed E-state index contributed by atoms with van der Waals surface area (Å²) in [6.07, 6.45) is 6.11. The van der Waals surface area contributed by atoms with Gasteiger partial charge >= 0.3 is 5.97 Å². The first-order valence-corrected chi connectivity index (χ1v) is 8.82. The smallest absolute Gasteiger partial charge is 0.331 e. The van der Waals surface area contributed by atoms with E-state index in [0.717, 1.165) is 32.1 Å². The first-order chi connectivity index (χ1) is 11.0. The fourth-order valence-electron chi connectivity index (χ4n) is 3.16. The van der Waals surface area contributed by atoms with Crippen molar-refractivity contribution >= 4 is 17.7 Å². The molecule has 1 heterocycles. The van der Waals surface area contributed by atoms with E-state index in [1.165, 1.54) is 0 Å². The van der Waals surface area contributed by atoms with Crippen LogP contribution in [0.1, 0.15) is 79.1 Å². The van der Waals surface area contributed by atoms with Gasteiger partial charge in [0.2, 0.25) is 0 Å². The third-order valence-electron chi connectivity index (χ3n) is 4.35. The maximum Gasteiger partial charge on any atom is 0.331 e. The molecule has 0 radical (unpaired) electrons. The number of carboxylic acid groups (broad SMARTS) is 1. The minimum atomic E-state index is -0.922. The minimum Gasteiger partial charge on any atom is -0.478 e. The summed E-state index contributed by atoms with van der Waals surface area (Å²) in [5, 5.41) is 12.3. The number of unbranched alkanes of at least 4 members (excludes halogenated alkanes) is 1. The lowest BCUT2D eigenvalue weighted by Crippen LogP contribution is -2.40. The van der Waals surface area contributed by atoms with E-state index < -0.39 is 11.5 Å². The van der Waals surface area contributed by atoms with Crippen molar-refractivity contribution in [1.82, 2.24) is 5.32 Å². The number of nitrogens with zero attached hydrogens (tertiary/aromatic N) is 1. The normalized spacial score (nSPS) is 21.7. The molecule has 5 heteroatoms. The van der Waals surface area contributed by atoms with Crippen LogP contribution < -0.4 is 5.32 Å². The molecule has 0 spiro atoms. The highest BCUT2D eigenvalue weighted by Gasteiger charge is 2.43. The lowest BCUT2D eigenvalue weighted by Gasteiger charge is -2.22. The van der Waals surface area contributed by atoms with Crippen molar-refractivity contribution < 1.29 is 14.7 Å². The molecule has 1 aliphatic heterocycles. The first kappa shape index (κ1) is 19.4. The summed E-state index contributed by atoms with van der Waals surface area (Å²) in [5.41, 5.74) is 0.329. The van der Waals surface area contributed by atoms with E-state index in [0.29, 0.717) is 36.2 Å². The van der Waals surface area contributed by atoms with Crippen molar-refractivity contribution in [2.75, 3.05) is 0 Å². The Morgan fingerprint density at radius 2 is 1.83 bits per heavy atom. The fraction of sp³-hybridized carbons (Fsp3) is 0.722. The van der Waals surface area contributed by atoms with Crippen LogP contribution in [0.3, 0.4) is 0 Å². The number of hydrogen-bond acceptors (Lipinski definition) is 3. The Morgan fingerprint density at radius 1 is 1.13 bits per heavy atom. The molecule has 0 fully saturated rings. The second-order valence-corrected chi connectivity index (χ2v) is 6.17. The Bertz CT molecular complexity index is 508. The van der Waals surface area contributed by atoms with Crippen molar-refractivity contribution in [3.63, 3.8) is 0 Å². The molecule has 0 aromatic carbocycles. The number of aliphatic imine (C=N–C) groups is 1. The van der Waals surface area contributed by atoms with E-state index in [2.05, 4.69) is 12.2 Å². The van der Waals surface area contributed by atoms with E-state index in [1.807, 2.05) is 20.8 Å². The third kappa shape index (κ3) is 4.43. The number of amidine groups is 1. The van der Waals surface area contributed by atoms with Crippen molar-refractivity contribution in [3.8, 4) is 0 Å². The van der Waals surface area contributed by atoms with Gasteiger partial charge in [0.15, 0.2) is 0 Å². The lowest BCUT2D eigenvalue weighted by atomic mass is 9.88. The van der Waals surface area contributed by atoms with Crippen LogP contribution in [0.5, 0.6) is 0 Å². The average molecular weight is 322 g/mol. The molecule has 0 saturated heterocycles. The van der Waals surface area contributed by atoms with Crippen LogP contribution in [0, 0.1) is 0 Å². The van der Waals surface area contributed by atoms with Crippen LogP contribution in [0.2, 0.25) is 0 Å². The van der Waals surface area contributed by atoms with Gasteiger partial charge in [0.05, 0.1) is 0 Å². The largest absolute Gasteiger partial charge is 0.478 e. The Kier molecular flexibility index (Phi) is 7.46. The van der Waals surface area contributed by atoms with Gasteiger partial charge in [-0.1, -0.05) is 53.4 Å². The zero-order valence-corrected chi connectivity index (χ0v) is 14.9. The van der Waals surface area contributed by atoms with Gasteiger partial charge < -0.3 is 10.4 Å². The van der Waals surface area contributed by atoms with Crippen molar-refractivity contribution in [3.05, 3.63) is 11.1 Å². The zero-order valence-electron chi connectivity index (χ0n) is 14.9. The quantitative estimate of drug-likeness (QED) is 0.600. The molecule has 0 bridgehead atoms. The fourth-order valence-corrected chi connectivity index (χ4v) is 3.16. The standard InChI is InChI=1S/C18H30N2O3/c1-5-9-12-18(11-7-3)17(23)19-15(20-18)14(10-6-2)13(8-4)16(21)22/h5-12H2,1-4H3,(H,21,22)(H,19,20,23)/b14-13-. The maximum atomic E-state index is 12.6. The SMILES string of the molecule is CCCCC1(CCC)N=C(/C(CCC)=C(/CC)C(=O)O)NC1=O. The summed E-state index contributed by atoms with van der Waals surface area (Å²) >= 11 is 0. The molecule has 0 saturated carbocycles. The van der Waals surface area contributed by atoms with Crippen molar-refractivity contribution in [1.29, 1.82) is 0 Å². The van der Waals surface area contributed by atoms with Crippen LogP contribution in [0.15, 0.2) is 16.1 Å². The summed E-state index contributed by atoms with van der Waals surface area (Å²) in [6, 6.07) is 0. The van der Waals surface area contributed by atoms with Crippen molar-refractivity contribution in [2.45, 2.75) is 84.6 Å². The molecule has 130 valence electrons. The molecule has 0 aromatic heterocycles. The monoisotopic (exact) mass is 322 g/mol. The van der Waals surface area contributed by atoms with Gasteiger partial charge in [-0.15, -0.1) is 0 Å². The third-order valence-corrected chi connectivity index (χ3v) is 4.35. The topological polar surface area (TPSA) is 78.8 Å². The minimum absolute atomic E-state index is 0.0720. The highest BCUT2D eigenvalue weighted by molar-refractivity contribution is 6.17. The van der Waals surface area contributed by atoms with Gasteiger partial charge in [-0.05, 0) is 25.7 Å². The number of amides is 1. The lowest BCUT2D eigenvalue weighted by molar-refractivity contribution is -0.132. The molecule has 1 rings (SSSR count). The predicted octanol–water partition coefficient (Wildman–Crippen LogP) is 3.84. The Labute approximate surface area is 139 Å². The predicted molar refractivity (Wildman–Crippen MR) is 92.6 cm³/mol. The van der Waals surface area contributed by atoms with E-state index >= 15 is 0 Å². The number of nitrogens with one attached hydrogen (secondary N) is 1. The second kappa shape index (κ2) is 8.85. The highest BCUT2D eigenvalue weighted by atomic mass is 16.4.